The van der Waals surface area contributed by atoms with Gasteiger partial charge in [-0.25, -0.2) is 9.97 Å². The molecule has 3 heterocycles. The quantitative estimate of drug-likeness (QED) is 0.740. The highest BCUT2D eigenvalue weighted by atomic mass is 16.5. The van der Waals surface area contributed by atoms with Crippen molar-refractivity contribution in [2.45, 2.75) is 32.4 Å². The van der Waals surface area contributed by atoms with Crippen molar-refractivity contribution >= 4 is 27.9 Å². The average molecular weight is 315 g/mol. The summed E-state index contributed by atoms with van der Waals surface area (Å²) in [6.45, 7) is 4.45. The molecule has 0 aromatic carbocycles. The van der Waals surface area contributed by atoms with Crippen molar-refractivity contribution in [2.24, 2.45) is 0 Å². The molecule has 3 rings (SSSR count). The number of imidazole rings is 1. The van der Waals surface area contributed by atoms with Crippen LogP contribution >= 0.6 is 0 Å². The van der Waals surface area contributed by atoms with Crippen molar-refractivity contribution in [3.8, 4) is 0 Å². The lowest BCUT2D eigenvalue weighted by Gasteiger charge is -2.20. The van der Waals surface area contributed by atoms with Crippen LogP contribution in [0.1, 0.15) is 19.7 Å². The summed E-state index contributed by atoms with van der Waals surface area (Å²) in [5.41, 5.74) is 8.07. The minimum atomic E-state index is -0.894. The molecule has 0 fully saturated rings. The van der Waals surface area contributed by atoms with Crippen molar-refractivity contribution < 1.29 is 9.84 Å². The Morgan fingerprint density at radius 1 is 1.30 bits per heavy atom. The molecule has 0 unspecified atom stereocenters. The van der Waals surface area contributed by atoms with Gasteiger partial charge >= 0.3 is 0 Å². The van der Waals surface area contributed by atoms with Crippen LogP contribution in [0.25, 0.3) is 22.1 Å². The van der Waals surface area contributed by atoms with E-state index in [1.54, 1.807) is 27.2 Å². The Labute approximate surface area is 134 Å². The standard InChI is InChI=1S/C16H21N5O2/c1-16(2,22)9-21-11(6-8-23-3)20-13-14(21)12-10(19-15(13)17)5-4-7-18-12/h4-5,7,22H,6,8-9H2,1-3H3,(H2,17,19). The number of hydrogen-bond acceptors (Lipinski definition) is 6. The number of rotatable bonds is 5. The normalized spacial score (nSPS) is 12.3. The minimum Gasteiger partial charge on any atom is -0.389 e. The predicted molar refractivity (Wildman–Crippen MR) is 89.1 cm³/mol. The van der Waals surface area contributed by atoms with Crippen LogP contribution in [-0.2, 0) is 17.7 Å². The number of methoxy groups -OCH3 is 1. The molecule has 0 amide bonds. The summed E-state index contributed by atoms with van der Waals surface area (Å²) in [5.74, 6) is 1.17. The Morgan fingerprint density at radius 3 is 2.78 bits per heavy atom. The summed E-state index contributed by atoms with van der Waals surface area (Å²) in [6, 6.07) is 3.69. The number of pyridine rings is 2. The zero-order valence-electron chi connectivity index (χ0n) is 13.6. The molecule has 0 atom stereocenters. The van der Waals surface area contributed by atoms with Gasteiger partial charge in [0.25, 0.3) is 0 Å². The monoisotopic (exact) mass is 315 g/mol. The molecule has 3 aromatic heterocycles. The van der Waals surface area contributed by atoms with Gasteiger partial charge in [0.15, 0.2) is 5.82 Å². The van der Waals surface area contributed by atoms with E-state index >= 15 is 0 Å². The van der Waals surface area contributed by atoms with E-state index in [0.29, 0.717) is 36.4 Å². The number of aliphatic hydroxyl groups is 1. The van der Waals surface area contributed by atoms with E-state index in [4.69, 9.17) is 10.5 Å². The third-order valence-electron chi connectivity index (χ3n) is 3.62. The molecule has 3 aromatic rings. The highest BCUT2D eigenvalue weighted by Crippen LogP contribution is 2.28. The summed E-state index contributed by atoms with van der Waals surface area (Å²) in [6.07, 6.45) is 2.34. The van der Waals surface area contributed by atoms with Crippen LogP contribution in [0.15, 0.2) is 18.3 Å². The van der Waals surface area contributed by atoms with Gasteiger partial charge in [0.2, 0.25) is 0 Å². The molecule has 0 aliphatic heterocycles. The lowest BCUT2D eigenvalue weighted by atomic mass is 10.1. The second kappa shape index (κ2) is 5.75. The summed E-state index contributed by atoms with van der Waals surface area (Å²) in [7, 11) is 1.65. The maximum Gasteiger partial charge on any atom is 0.152 e. The fraction of sp³-hybridized carbons (Fsp3) is 0.438. The minimum absolute atomic E-state index is 0.369. The van der Waals surface area contributed by atoms with E-state index < -0.39 is 5.60 Å². The molecule has 122 valence electrons. The second-order valence-electron chi connectivity index (χ2n) is 6.23. The number of ether oxygens (including phenoxy) is 1. The molecule has 0 radical (unpaired) electrons. The van der Waals surface area contributed by atoms with Gasteiger partial charge in [0.1, 0.15) is 22.4 Å². The number of anilines is 1. The highest BCUT2D eigenvalue weighted by molar-refractivity contribution is 6.04. The van der Waals surface area contributed by atoms with Crippen molar-refractivity contribution in [3.05, 3.63) is 24.2 Å². The van der Waals surface area contributed by atoms with Crippen LogP contribution in [-0.4, -0.2) is 43.9 Å². The van der Waals surface area contributed by atoms with Gasteiger partial charge in [0, 0.05) is 19.7 Å². The second-order valence-corrected chi connectivity index (χ2v) is 6.23. The molecular formula is C16H21N5O2. The van der Waals surface area contributed by atoms with Crippen LogP contribution in [0.5, 0.6) is 0 Å². The van der Waals surface area contributed by atoms with Crippen molar-refractivity contribution in [1.82, 2.24) is 19.5 Å². The Morgan fingerprint density at radius 2 is 2.09 bits per heavy atom. The lowest BCUT2D eigenvalue weighted by molar-refractivity contribution is 0.0615. The summed E-state index contributed by atoms with van der Waals surface area (Å²) in [4.78, 5) is 13.5. The predicted octanol–water partition coefficient (Wildman–Crippen LogP) is 1.52. The van der Waals surface area contributed by atoms with Crippen LogP contribution in [0, 0.1) is 0 Å². The van der Waals surface area contributed by atoms with Gasteiger partial charge in [-0.3, -0.25) is 4.98 Å². The molecule has 23 heavy (non-hydrogen) atoms. The van der Waals surface area contributed by atoms with Gasteiger partial charge in [0.05, 0.1) is 24.3 Å². The van der Waals surface area contributed by atoms with E-state index in [9.17, 15) is 5.11 Å². The van der Waals surface area contributed by atoms with Gasteiger partial charge in [-0.05, 0) is 26.0 Å². The van der Waals surface area contributed by atoms with Crippen molar-refractivity contribution in [3.63, 3.8) is 0 Å². The Balaban J connectivity index is 2.32. The van der Waals surface area contributed by atoms with Crippen LogP contribution in [0.2, 0.25) is 0 Å². The van der Waals surface area contributed by atoms with E-state index in [0.717, 1.165) is 16.9 Å². The molecule has 3 N–H and O–H groups in total. The maximum absolute atomic E-state index is 10.3. The van der Waals surface area contributed by atoms with Crippen molar-refractivity contribution in [1.29, 1.82) is 0 Å². The zero-order chi connectivity index (χ0) is 16.6. The van der Waals surface area contributed by atoms with Gasteiger partial charge in [-0.1, -0.05) is 0 Å². The smallest absolute Gasteiger partial charge is 0.152 e. The molecule has 0 saturated heterocycles. The number of nitrogen functional groups attached to an aromatic ring is 1. The van der Waals surface area contributed by atoms with Gasteiger partial charge in [-0.15, -0.1) is 0 Å². The van der Waals surface area contributed by atoms with Gasteiger partial charge < -0.3 is 20.1 Å². The molecule has 0 bridgehead atoms. The Bertz CT molecular complexity index is 851. The number of nitrogens with two attached hydrogens (primary N) is 1. The van der Waals surface area contributed by atoms with Crippen molar-refractivity contribution in [2.75, 3.05) is 19.5 Å². The first-order chi connectivity index (χ1) is 10.9. The summed E-state index contributed by atoms with van der Waals surface area (Å²) in [5, 5.41) is 10.3. The molecular weight excluding hydrogens is 294 g/mol. The highest BCUT2D eigenvalue weighted by Gasteiger charge is 2.22. The molecule has 0 spiro atoms. The molecule has 0 aliphatic carbocycles. The average Bonchev–Trinajstić information content (AvgIpc) is 2.83. The number of aromatic nitrogens is 4. The first-order valence-corrected chi connectivity index (χ1v) is 7.51. The molecule has 7 heteroatoms. The third kappa shape index (κ3) is 2.97. The molecule has 0 aliphatic rings. The Kier molecular flexibility index (Phi) is 3.91. The largest absolute Gasteiger partial charge is 0.389 e. The fourth-order valence-corrected chi connectivity index (χ4v) is 2.71. The van der Waals surface area contributed by atoms with Crippen LogP contribution < -0.4 is 5.73 Å². The van der Waals surface area contributed by atoms with Crippen LogP contribution in [0.4, 0.5) is 5.82 Å². The van der Waals surface area contributed by atoms with E-state index in [1.165, 1.54) is 0 Å². The molecule has 0 saturated carbocycles. The third-order valence-corrected chi connectivity index (χ3v) is 3.62. The Hall–Kier alpha value is -2.25. The van der Waals surface area contributed by atoms with E-state index in [1.807, 2.05) is 16.7 Å². The zero-order valence-corrected chi connectivity index (χ0v) is 13.6. The van der Waals surface area contributed by atoms with E-state index in [2.05, 4.69) is 15.0 Å². The lowest BCUT2D eigenvalue weighted by Crippen LogP contribution is -2.27. The fourth-order valence-electron chi connectivity index (χ4n) is 2.71. The number of nitrogens with zero attached hydrogens (tertiary/aromatic N) is 4. The van der Waals surface area contributed by atoms with Crippen LogP contribution in [0.3, 0.4) is 0 Å². The van der Waals surface area contributed by atoms with Gasteiger partial charge in [-0.2, -0.15) is 0 Å². The summed E-state index contributed by atoms with van der Waals surface area (Å²) < 4.78 is 7.14. The first kappa shape index (κ1) is 15.6. The number of hydrogen-bond donors (Lipinski definition) is 2. The first-order valence-electron chi connectivity index (χ1n) is 7.51. The molecule has 7 nitrogen and oxygen atoms in total. The topological polar surface area (TPSA) is 99.1 Å². The SMILES string of the molecule is COCCc1nc2c(N)nc3cccnc3c2n1CC(C)(C)O. The van der Waals surface area contributed by atoms with E-state index in [-0.39, 0.29) is 0 Å². The summed E-state index contributed by atoms with van der Waals surface area (Å²) >= 11 is 0. The maximum atomic E-state index is 10.3. The number of fused-ring (bicyclic) bond motifs is 3.